The molecule has 0 aromatic heterocycles. The Morgan fingerprint density at radius 2 is 1.70 bits per heavy atom. The van der Waals surface area contributed by atoms with E-state index in [0.717, 1.165) is 16.9 Å². The van der Waals surface area contributed by atoms with Gasteiger partial charge in [-0.05, 0) is 17.7 Å². The van der Waals surface area contributed by atoms with E-state index < -0.39 is 12.6 Å². The van der Waals surface area contributed by atoms with E-state index in [2.05, 4.69) is 0 Å². The third-order valence-corrected chi connectivity index (χ3v) is 4.84. The first-order valence-electron chi connectivity index (χ1n) is 9.05. The molecule has 2 heterocycles. The van der Waals surface area contributed by atoms with Crippen LogP contribution in [-0.4, -0.2) is 39.0 Å². The molecule has 0 radical (unpaired) electrons. The van der Waals surface area contributed by atoms with Gasteiger partial charge in [-0.3, -0.25) is 0 Å². The summed E-state index contributed by atoms with van der Waals surface area (Å²) in [6, 6.07) is 17.6. The van der Waals surface area contributed by atoms with E-state index in [-0.39, 0.29) is 18.5 Å². The van der Waals surface area contributed by atoms with Crippen LogP contribution < -0.4 is 4.74 Å². The van der Waals surface area contributed by atoms with Crippen molar-refractivity contribution in [3.63, 3.8) is 0 Å². The number of hydrogen-bond donors (Lipinski definition) is 0. The highest BCUT2D eigenvalue weighted by Gasteiger charge is 2.48. The second-order valence-corrected chi connectivity index (χ2v) is 6.58. The first kappa shape index (κ1) is 18.4. The minimum absolute atomic E-state index is 0.190. The quantitative estimate of drug-likeness (QED) is 0.775. The largest absolute Gasteiger partial charge is 0.497 e. The van der Waals surface area contributed by atoms with Gasteiger partial charge < -0.3 is 28.4 Å². The van der Waals surface area contributed by atoms with E-state index in [1.54, 1.807) is 14.2 Å². The van der Waals surface area contributed by atoms with Gasteiger partial charge in [0.15, 0.2) is 18.9 Å². The van der Waals surface area contributed by atoms with Crippen molar-refractivity contribution in [3.8, 4) is 5.75 Å². The lowest BCUT2D eigenvalue weighted by Crippen LogP contribution is -2.48. The number of fused-ring (bicyclic) bond motifs is 1. The van der Waals surface area contributed by atoms with E-state index >= 15 is 0 Å². The third-order valence-electron chi connectivity index (χ3n) is 4.84. The van der Waals surface area contributed by atoms with Gasteiger partial charge in [0.1, 0.15) is 11.9 Å². The van der Waals surface area contributed by atoms with Crippen molar-refractivity contribution >= 4 is 0 Å². The Morgan fingerprint density at radius 1 is 0.926 bits per heavy atom. The summed E-state index contributed by atoms with van der Waals surface area (Å²) in [6.07, 6.45) is -1.29. The lowest BCUT2D eigenvalue weighted by Gasteiger charge is -2.35. The molecule has 0 bridgehead atoms. The average Bonchev–Trinajstić information content (AvgIpc) is 3.17. The Kier molecular flexibility index (Phi) is 5.71. The first-order chi connectivity index (χ1) is 13.3. The van der Waals surface area contributed by atoms with Gasteiger partial charge in [-0.15, -0.1) is 0 Å². The van der Waals surface area contributed by atoms with Gasteiger partial charge in [0.2, 0.25) is 0 Å². The number of benzene rings is 2. The van der Waals surface area contributed by atoms with Gasteiger partial charge in [0, 0.05) is 19.1 Å². The molecule has 144 valence electrons. The summed E-state index contributed by atoms with van der Waals surface area (Å²) in [5.74, 6) is 0.822. The van der Waals surface area contributed by atoms with E-state index in [1.165, 1.54) is 0 Å². The highest BCUT2D eigenvalue weighted by Crippen LogP contribution is 2.39. The van der Waals surface area contributed by atoms with Crippen LogP contribution in [0.4, 0.5) is 0 Å². The molecule has 0 N–H and O–H groups in total. The van der Waals surface area contributed by atoms with Crippen molar-refractivity contribution in [2.75, 3.05) is 14.2 Å². The SMILES string of the molecule is COc1ccc(CO[C@@H]2C[C@@H](OC)O[C@@H]3O[C@H](c4ccccc4)O[C@@H]32)cc1. The number of rotatable bonds is 6. The number of hydrogen-bond acceptors (Lipinski definition) is 6. The molecule has 27 heavy (non-hydrogen) atoms. The minimum atomic E-state index is -0.519. The van der Waals surface area contributed by atoms with Crippen LogP contribution in [0, 0.1) is 0 Å². The van der Waals surface area contributed by atoms with Crippen molar-refractivity contribution in [1.82, 2.24) is 0 Å². The van der Waals surface area contributed by atoms with Crippen molar-refractivity contribution in [2.24, 2.45) is 0 Å². The Hall–Kier alpha value is -1.96. The molecule has 0 amide bonds. The van der Waals surface area contributed by atoms with Crippen LogP contribution in [0.3, 0.4) is 0 Å². The molecule has 0 saturated carbocycles. The lowest BCUT2D eigenvalue weighted by molar-refractivity contribution is -0.278. The monoisotopic (exact) mass is 372 g/mol. The number of ether oxygens (including phenoxy) is 6. The van der Waals surface area contributed by atoms with E-state index in [1.807, 2.05) is 54.6 Å². The van der Waals surface area contributed by atoms with Crippen molar-refractivity contribution in [1.29, 1.82) is 0 Å². The summed E-state index contributed by atoms with van der Waals surface area (Å²) in [7, 11) is 3.27. The average molecular weight is 372 g/mol. The summed E-state index contributed by atoms with van der Waals surface area (Å²) >= 11 is 0. The zero-order valence-electron chi connectivity index (χ0n) is 15.4. The molecule has 2 fully saturated rings. The highest BCUT2D eigenvalue weighted by molar-refractivity contribution is 5.26. The maximum absolute atomic E-state index is 6.17. The standard InChI is InChI=1S/C21H24O6/c1-22-16-10-8-14(9-11-16)13-24-17-12-18(23-2)25-21-19(17)26-20(27-21)15-6-4-3-5-7-15/h3-11,17-21H,12-13H2,1-2H3/t17-,18+,19-,20-,21-/m1/s1. The molecular formula is C21H24O6. The van der Waals surface area contributed by atoms with Gasteiger partial charge in [0.25, 0.3) is 0 Å². The first-order valence-corrected chi connectivity index (χ1v) is 9.05. The van der Waals surface area contributed by atoms with Crippen LogP contribution in [-0.2, 0) is 30.3 Å². The minimum Gasteiger partial charge on any atom is -0.497 e. The molecule has 6 nitrogen and oxygen atoms in total. The fourth-order valence-corrected chi connectivity index (χ4v) is 3.35. The van der Waals surface area contributed by atoms with E-state index in [4.69, 9.17) is 28.4 Å². The fourth-order valence-electron chi connectivity index (χ4n) is 3.35. The predicted octanol–water partition coefficient (Wildman–Crippen LogP) is 3.41. The highest BCUT2D eigenvalue weighted by atomic mass is 16.8. The zero-order valence-corrected chi connectivity index (χ0v) is 15.4. The summed E-state index contributed by atoms with van der Waals surface area (Å²) in [5.41, 5.74) is 2.02. The zero-order chi connectivity index (χ0) is 18.6. The third kappa shape index (κ3) is 4.15. The van der Waals surface area contributed by atoms with E-state index in [0.29, 0.717) is 13.0 Å². The second kappa shape index (κ2) is 8.37. The molecule has 2 aromatic rings. The summed E-state index contributed by atoms with van der Waals surface area (Å²) < 4.78 is 34.7. The normalized spacial score (nSPS) is 30.1. The lowest BCUT2D eigenvalue weighted by atomic mass is 10.1. The van der Waals surface area contributed by atoms with Gasteiger partial charge in [0.05, 0.1) is 19.8 Å². The maximum Gasteiger partial charge on any atom is 0.192 e. The van der Waals surface area contributed by atoms with Crippen molar-refractivity contribution < 1.29 is 28.4 Å². The Balaban J connectivity index is 1.44. The molecule has 5 atom stereocenters. The molecule has 0 unspecified atom stereocenters. The van der Waals surface area contributed by atoms with Crippen LogP contribution in [0.1, 0.15) is 23.8 Å². The Morgan fingerprint density at radius 3 is 2.41 bits per heavy atom. The second-order valence-electron chi connectivity index (χ2n) is 6.58. The van der Waals surface area contributed by atoms with Gasteiger partial charge >= 0.3 is 0 Å². The Bertz CT molecular complexity index is 719. The van der Waals surface area contributed by atoms with Crippen LogP contribution in [0.15, 0.2) is 54.6 Å². The predicted molar refractivity (Wildman–Crippen MR) is 97.0 cm³/mol. The van der Waals surface area contributed by atoms with Gasteiger partial charge in [-0.1, -0.05) is 42.5 Å². The smallest absolute Gasteiger partial charge is 0.192 e. The van der Waals surface area contributed by atoms with Crippen LogP contribution in [0.5, 0.6) is 5.75 Å². The summed E-state index contributed by atoms with van der Waals surface area (Å²) in [4.78, 5) is 0. The van der Waals surface area contributed by atoms with Crippen molar-refractivity contribution in [3.05, 3.63) is 65.7 Å². The van der Waals surface area contributed by atoms with Crippen LogP contribution in [0.2, 0.25) is 0 Å². The molecule has 0 aliphatic carbocycles. The van der Waals surface area contributed by atoms with Gasteiger partial charge in [-0.25, -0.2) is 0 Å². The maximum atomic E-state index is 6.17. The molecule has 6 heteroatoms. The van der Waals surface area contributed by atoms with Gasteiger partial charge in [-0.2, -0.15) is 0 Å². The number of methoxy groups -OCH3 is 2. The summed E-state index contributed by atoms with van der Waals surface area (Å²) in [6.45, 7) is 0.466. The molecule has 2 saturated heterocycles. The Labute approximate surface area is 158 Å². The van der Waals surface area contributed by atoms with Crippen LogP contribution in [0.25, 0.3) is 0 Å². The molecule has 2 aliphatic rings. The van der Waals surface area contributed by atoms with Crippen molar-refractivity contribution in [2.45, 2.75) is 44.1 Å². The molecular weight excluding hydrogens is 348 g/mol. The summed E-state index contributed by atoms with van der Waals surface area (Å²) in [5, 5.41) is 0. The van der Waals surface area contributed by atoms with Crippen LogP contribution >= 0.6 is 0 Å². The molecule has 4 rings (SSSR count). The van der Waals surface area contributed by atoms with E-state index in [9.17, 15) is 0 Å². The fraction of sp³-hybridized carbons (Fsp3) is 0.429. The molecule has 2 aromatic carbocycles. The topological polar surface area (TPSA) is 55.4 Å². The molecule has 0 spiro atoms. The molecule has 2 aliphatic heterocycles.